The maximum atomic E-state index is 12.5. The summed E-state index contributed by atoms with van der Waals surface area (Å²) < 4.78 is 5.60. The number of aromatic nitrogens is 1. The van der Waals surface area contributed by atoms with Gasteiger partial charge in [0.05, 0.1) is 12.1 Å². The molecule has 0 aliphatic heterocycles. The van der Waals surface area contributed by atoms with Crippen LogP contribution in [-0.4, -0.2) is 11.0 Å². The van der Waals surface area contributed by atoms with Crippen LogP contribution in [0.1, 0.15) is 96.6 Å². The molecule has 0 aromatic carbocycles. The molecule has 1 aromatic heterocycles. The minimum atomic E-state index is -0.0543. The molecule has 0 spiro atoms. The molecular formula is C25H39NO2. The van der Waals surface area contributed by atoms with Crippen LogP contribution < -0.4 is 4.74 Å². The van der Waals surface area contributed by atoms with Gasteiger partial charge in [-0.25, -0.2) is 0 Å². The molecule has 2 saturated carbocycles. The average Bonchev–Trinajstić information content (AvgIpc) is 2.74. The maximum Gasteiger partial charge on any atom is 0.314 e. The van der Waals surface area contributed by atoms with Crippen molar-refractivity contribution in [2.24, 2.45) is 23.7 Å². The maximum absolute atomic E-state index is 12.5. The molecule has 28 heavy (non-hydrogen) atoms. The van der Waals surface area contributed by atoms with Crippen LogP contribution in [0.5, 0.6) is 5.75 Å². The molecule has 3 heteroatoms. The fourth-order valence-electron chi connectivity index (χ4n) is 5.16. The van der Waals surface area contributed by atoms with Crippen molar-refractivity contribution in [1.29, 1.82) is 0 Å². The number of aryl methyl sites for hydroxylation is 1. The van der Waals surface area contributed by atoms with Crippen LogP contribution in [-0.2, 0) is 11.2 Å². The highest BCUT2D eigenvalue weighted by atomic mass is 16.5. The van der Waals surface area contributed by atoms with E-state index in [1.165, 1.54) is 57.8 Å². The Morgan fingerprint density at radius 1 is 0.929 bits per heavy atom. The lowest BCUT2D eigenvalue weighted by atomic mass is 9.75. The SMILES string of the molecule is CCCc1ccc(OC(=O)C2CCC(CCC3CCC(CC)CC3)CC2)cn1. The summed E-state index contributed by atoms with van der Waals surface area (Å²) in [6.07, 6.45) is 18.1. The summed E-state index contributed by atoms with van der Waals surface area (Å²) in [6.45, 7) is 4.48. The van der Waals surface area contributed by atoms with E-state index in [0.29, 0.717) is 5.75 Å². The monoisotopic (exact) mass is 385 g/mol. The van der Waals surface area contributed by atoms with Gasteiger partial charge in [-0.2, -0.15) is 0 Å². The van der Waals surface area contributed by atoms with E-state index < -0.39 is 0 Å². The zero-order valence-corrected chi connectivity index (χ0v) is 18.0. The summed E-state index contributed by atoms with van der Waals surface area (Å²) in [6, 6.07) is 3.85. The van der Waals surface area contributed by atoms with Crippen molar-refractivity contribution < 1.29 is 9.53 Å². The first-order chi connectivity index (χ1) is 13.7. The predicted octanol–water partition coefficient (Wildman–Crippen LogP) is 6.74. The Balaban J connectivity index is 1.34. The first-order valence-corrected chi connectivity index (χ1v) is 11.8. The van der Waals surface area contributed by atoms with Crippen LogP contribution in [0.3, 0.4) is 0 Å². The van der Waals surface area contributed by atoms with Gasteiger partial charge in [0, 0.05) is 5.69 Å². The zero-order chi connectivity index (χ0) is 19.8. The number of carbonyl (C=O) groups excluding carboxylic acids is 1. The first kappa shape index (κ1) is 21.3. The van der Waals surface area contributed by atoms with Crippen molar-refractivity contribution in [1.82, 2.24) is 4.98 Å². The zero-order valence-electron chi connectivity index (χ0n) is 18.0. The largest absolute Gasteiger partial charge is 0.425 e. The molecule has 156 valence electrons. The minimum Gasteiger partial charge on any atom is -0.425 e. The second-order valence-electron chi connectivity index (χ2n) is 9.25. The van der Waals surface area contributed by atoms with E-state index >= 15 is 0 Å². The van der Waals surface area contributed by atoms with Crippen LogP contribution in [0.15, 0.2) is 18.3 Å². The van der Waals surface area contributed by atoms with Gasteiger partial charge >= 0.3 is 5.97 Å². The fraction of sp³-hybridized carbons (Fsp3) is 0.760. The Labute approximate surface area is 171 Å². The Kier molecular flexibility index (Phi) is 8.36. The van der Waals surface area contributed by atoms with E-state index in [-0.39, 0.29) is 11.9 Å². The van der Waals surface area contributed by atoms with Gasteiger partial charge < -0.3 is 4.74 Å². The summed E-state index contributed by atoms with van der Waals surface area (Å²) >= 11 is 0. The molecule has 0 amide bonds. The van der Waals surface area contributed by atoms with Gasteiger partial charge in [-0.05, 0) is 62.0 Å². The van der Waals surface area contributed by atoms with Gasteiger partial charge in [0.15, 0.2) is 0 Å². The minimum absolute atomic E-state index is 0.0543. The summed E-state index contributed by atoms with van der Waals surface area (Å²) in [5.41, 5.74) is 1.06. The molecule has 2 aliphatic rings. The molecule has 0 saturated heterocycles. The quantitative estimate of drug-likeness (QED) is 0.465. The smallest absolute Gasteiger partial charge is 0.314 e. The molecule has 0 atom stereocenters. The summed E-state index contributed by atoms with van der Waals surface area (Å²) in [5, 5.41) is 0. The van der Waals surface area contributed by atoms with Crippen molar-refractivity contribution >= 4 is 5.97 Å². The predicted molar refractivity (Wildman–Crippen MR) is 114 cm³/mol. The van der Waals surface area contributed by atoms with Crippen LogP contribution >= 0.6 is 0 Å². The molecule has 0 N–H and O–H groups in total. The highest BCUT2D eigenvalue weighted by Gasteiger charge is 2.28. The van der Waals surface area contributed by atoms with E-state index in [2.05, 4.69) is 18.8 Å². The molecule has 1 aromatic rings. The van der Waals surface area contributed by atoms with Crippen LogP contribution in [0.4, 0.5) is 0 Å². The number of rotatable bonds is 8. The van der Waals surface area contributed by atoms with E-state index in [1.807, 2.05) is 12.1 Å². The third kappa shape index (κ3) is 6.32. The molecule has 3 rings (SSSR count). The highest BCUT2D eigenvalue weighted by Crippen LogP contribution is 2.37. The first-order valence-electron chi connectivity index (χ1n) is 11.8. The number of nitrogens with zero attached hydrogens (tertiary/aromatic N) is 1. The number of esters is 1. The molecule has 2 aliphatic carbocycles. The molecule has 1 heterocycles. The van der Waals surface area contributed by atoms with E-state index in [0.717, 1.165) is 49.1 Å². The van der Waals surface area contributed by atoms with Crippen LogP contribution in [0.2, 0.25) is 0 Å². The Hall–Kier alpha value is -1.38. The Morgan fingerprint density at radius 2 is 1.54 bits per heavy atom. The normalized spacial score (nSPS) is 28.1. The van der Waals surface area contributed by atoms with Crippen LogP contribution in [0.25, 0.3) is 0 Å². The number of hydrogen-bond acceptors (Lipinski definition) is 3. The summed E-state index contributed by atoms with van der Waals surface area (Å²) in [7, 11) is 0. The highest BCUT2D eigenvalue weighted by molar-refractivity contribution is 5.75. The number of pyridine rings is 1. The molecule has 0 radical (unpaired) electrons. The fourth-order valence-corrected chi connectivity index (χ4v) is 5.16. The summed E-state index contributed by atoms with van der Waals surface area (Å²) in [4.78, 5) is 16.9. The number of ether oxygens (including phenoxy) is 1. The molecule has 0 unspecified atom stereocenters. The van der Waals surface area contributed by atoms with Gasteiger partial charge in [-0.15, -0.1) is 0 Å². The summed E-state index contributed by atoms with van der Waals surface area (Å²) in [5.74, 6) is 3.40. The van der Waals surface area contributed by atoms with Crippen molar-refractivity contribution in [3.05, 3.63) is 24.0 Å². The van der Waals surface area contributed by atoms with Gasteiger partial charge in [0.2, 0.25) is 0 Å². The third-order valence-corrected chi connectivity index (χ3v) is 7.23. The Bertz CT molecular complexity index is 581. The van der Waals surface area contributed by atoms with Crippen molar-refractivity contribution in [2.75, 3.05) is 0 Å². The standard InChI is InChI=1S/C25H39NO2/c1-3-5-23-16-17-24(18-26-23)28-25(27)22-14-12-21(13-15-22)11-10-20-8-6-19(4-2)7-9-20/h16-22H,3-15H2,1-2H3. The van der Waals surface area contributed by atoms with Crippen molar-refractivity contribution in [3.8, 4) is 5.75 Å². The van der Waals surface area contributed by atoms with Gasteiger partial charge in [0.1, 0.15) is 5.75 Å². The van der Waals surface area contributed by atoms with Gasteiger partial charge in [0.25, 0.3) is 0 Å². The van der Waals surface area contributed by atoms with Gasteiger partial charge in [-0.3, -0.25) is 9.78 Å². The molecular weight excluding hydrogens is 346 g/mol. The second kappa shape index (κ2) is 11.0. The average molecular weight is 386 g/mol. The number of carbonyl (C=O) groups is 1. The second-order valence-corrected chi connectivity index (χ2v) is 9.25. The molecule has 2 fully saturated rings. The van der Waals surface area contributed by atoms with Gasteiger partial charge in [-0.1, -0.05) is 65.2 Å². The van der Waals surface area contributed by atoms with E-state index in [4.69, 9.17) is 4.74 Å². The van der Waals surface area contributed by atoms with E-state index in [9.17, 15) is 4.79 Å². The third-order valence-electron chi connectivity index (χ3n) is 7.23. The van der Waals surface area contributed by atoms with E-state index in [1.54, 1.807) is 6.20 Å². The topological polar surface area (TPSA) is 39.2 Å². The Morgan fingerprint density at radius 3 is 2.07 bits per heavy atom. The number of hydrogen-bond donors (Lipinski definition) is 0. The lowest BCUT2D eigenvalue weighted by Crippen LogP contribution is -2.26. The molecule has 3 nitrogen and oxygen atoms in total. The van der Waals surface area contributed by atoms with Crippen molar-refractivity contribution in [2.45, 2.75) is 97.3 Å². The molecule has 0 bridgehead atoms. The van der Waals surface area contributed by atoms with Crippen molar-refractivity contribution in [3.63, 3.8) is 0 Å². The lowest BCUT2D eigenvalue weighted by Gasteiger charge is -2.31. The van der Waals surface area contributed by atoms with Crippen LogP contribution in [0, 0.1) is 23.7 Å². The lowest BCUT2D eigenvalue weighted by molar-refractivity contribution is -0.140.